The monoisotopic (exact) mass is 313 g/mol. The summed E-state index contributed by atoms with van der Waals surface area (Å²) in [5.41, 5.74) is 9.32. The molecule has 2 aromatic carbocycles. The third-order valence-corrected chi connectivity index (χ3v) is 4.21. The molecule has 19 heavy (non-hydrogen) atoms. The van der Waals surface area contributed by atoms with Gasteiger partial charge in [0.25, 0.3) is 0 Å². The SMILES string of the molecule is Cc1ccc(C(N)Cc2ccc(Cl)c(Cl)c2)cc1Cl. The second-order valence-corrected chi connectivity index (χ2v) is 5.79. The van der Waals surface area contributed by atoms with Gasteiger partial charge in [-0.1, -0.05) is 53.0 Å². The summed E-state index contributed by atoms with van der Waals surface area (Å²) in [4.78, 5) is 0. The molecule has 0 saturated heterocycles. The molecule has 0 aromatic heterocycles. The molecule has 4 heteroatoms. The first-order chi connectivity index (χ1) is 8.97. The molecule has 2 aromatic rings. The quantitative estimate of drug-likeness (QED) is 0.828. The Morgan fingerprint density at radius 2 is 1.68 bits per heavy atom. The van der Waals surface area contributed by atoms with Gasteiger partial charge in [0.15, 0.2) is 0 Å². The van der Waals surface area contributed by atoms with Gasteiger partial charge in [-0.05, 0) is 48.2 Å². The van der Waals surface area contributed by atoms with E-state index in [0.29, 0.717) is 16.5 Å². The molecule has 1 atom stereocenters. The Morgan fingerprint density at radius 1 is 0.947 bits per heavy atom. The molecule has 0 spiro atoms. The number of halogens is 3. The van der Waals surface area contributed by atoms with Gasteiger partial charge in [0.2, 0.25) is 0 Å². The number of aryl methyl sites for hydroxylation is 1. The van der Waals surface area contributed by atoms with Crippen molar-refractivity contribution in [3.63, 3.8) is 0 Å². The first-order valence-corrected chi connectivity index (χ1v) is 7.06. The first kappa shape index (κ1) is 14.7. The number of rotatable bonds is 3. The standard InChI is InChI=1S/C15H14Cl3N/c1-9-2-4-11(8-13(9)17)15(19)7-10-3-5-12(16)14(18)6-10/h2-6,8,15H,7,19H2,1H3. The Balaban J connectivity index is 2.17. The summed E-state index contributed by atoms with van der Waals surface area (Å²) in [7, 11) is 0. The Morgan fingerprint density at radius 3 is 2.32 bits per heavy atom. The Labute approximate surface area is 128 Å². The zero-order valence-corrected chi connectivity index (χ0v) is 12.7. The van der Waals surface area contributed by atoms with Crippen molar-refractivity contribution in [2.24, 2.45) is 5.73 Å². The lowest BCUT2D eigenvalue weighted by atomic mass is 9.99. The fourth-order valence-corrected chi connectivity index (χ4v) is 2.39. The van der Waals surface area contributed by atoms with Gasteiger partial charge in [0, 0.05) is 11.1 Å². The van der Waals surface area contributed by atoms with E-state index in [1.807, 2.05) is 37.3 Å². The normalized spacial score (nSPS) is 12.5. The summed E-state index contributed by atoms with van der Waals surface area (Å²) >= 11 is 18.0. The van der Waals surface area contributed by atoms with Crippen LogP contribution in [-0.2, 0) is 6.42 Å². The summed E-state index contributed by atoms with van der Waals surface area (Å²) in [6.07, 6.45) is 0.691. The van der Waals surface area contributed by atoms with Gasteiger partial charge in [-0.25, -0.2) is 0 Å². The fourth-order valence-electron chi connectivity index (χ4n) is 1.88. The molecular weight excluding hydrogens is 301 g/mol. The van der Waals surface area contributed by atoms with E-state index in [-0.39, 0.29) is 6.04 Å². The highest BCUT2D eigenvalue weighted by Crippen LogP contribution is 2.26. The largest absolute Gasteiger partial charge is 0.324 e. The Hall–Kier alpha value is -0.730. The molecule has 2 N–H and O–H groups in total. The lowest BCUT2D eigenvalue weighted by Crippen LogP contribution is -2.13. The van der Waals surface area contributed by atoms with Gasteiger partial charge in [-0.2, -0.15) is 0 Å². The van der Waals surface area contributed by atoms with Crippen LogP contribution < -0.4 is 5.73 Å². The van der Waals surface area contributed by atoms with Crippen LogP contribution in [0.1, 0.15) is 22.7 Å². The van der Waals surface area contributed by atoms with E-state index < -0.39 is 0 Å². The second kappa shape index (κ2) is 6.15. The molecule has 0 heterocycles. The molecule has 1 nitrogen and oxygen atoms in total. The van der Waals surface area contributed by atoms with E-state index >= 15 is 0 Å². The molecule has 0 aliphatic carbocycles. The van der Waals surface area contributed by atoms with Crippen LogP contribution in [0, 0.1) is 6.92 Å². The number of hydrogen-bond acceptors (Lipinski definition) is 1. The molecule has 0 saturated carbocycles. The van der Waals surface area contributed by atoms with Crippen molar-refractivity contribution in [1.82, 2.24) is 0 Å². The zero-order valence-electron chi connectivity index (χ0n) is 10.5. The predicted molar refractivity (Wildman–Crippen MR) is 83.3 cm³/mol. The Kier molecular flexibility index (Phi) is 4.75. The molecule has 0 radical (unpaired) electrons. The van der Waals surface area contributed by atoms with Crippen LogP contribution in [0.5, 0.6) is 0 Å². The zero-order chi connectivity index (χ0) is 14.0. The number of benzene rings is 2. The molecule has 0 bridgehead atoms. The van der Waals surface area contributed by atoms with Crippen LogP contribution in [0.4, 0.5) is 0 Å². The topological polar surface area (TPSA) is 26.0 Å². The summed E-state index contributed by atoms with van der Waals surface area (Å²) < 4.78 is 0. The minimum atomic E-state index is -0.115. The maximum atomic E-state index is 6.20. The highest BCUT2D eigenvalue weighted by molar-refractivity contribution is 6.42. The third-order valence-electron chi connectivity index (χ3n) is 3.06. The van der Waals surface area contributed by atoms with Gasteiger partial charge in [0.05, 0.1) is 10.0 Å². The summed E-state index contributed by atoms with van der Waals surface area (Å²) in [5.74, 6) is 0. The highest BCUT2D eigenvalue weighted by Gasteiger charge is 2.09. The van der Waals surface area contributed by atoms with Crippen LogP contribution in [0.15, 0.2) is 36.4 Å². The van der Waals surface area contributed by atoms with Crippen molar-refractivity contribution in [2.45, 2.75) is 19.4 Å². The smallest absolute Gasteiger partial charge is 0.0595 e. The molecular formula is C15H14Cl3N. The summed E-state index contributed by atoms with van der Waals surface area (Å²) in [6.45, 7) is 1.97. The summed E-state index contributed by atoms with van der Waals surface area (Å²) in [6, 6.07) is 11.3. The minimum Gasteiger partial charge on any atom is -0.324 e. The van der Waals surface area contributed by atoms with Gasteiger partial charge in [-0.3, -0.25) is 0 Å². The van der Waals surface area contributed by atoms with Gasteiger partial charge < -0.3 is 5.73 Å². The molecule has 100 valence electrons. The maximum Gasteiger partial charge on any atom is 0.0595 e. The molecule has 0 fully saturated rings. The minimum absolute atomic E-state index is 0.115. The molecule has 1 unspecified atom stereocenters. The third kappa shape index (κ3) is 3.64. The van der Waals surface area contributed by atoms with Gasteiger partial charge in [0.1, 0.15) is 0 Å². The average molecular weight is 315 g/mol. The van der Waals surface area contributed by atoms with Crippen molar-refractivity contribution in [2.75, 3.05) is 0 Å². The number of nitrogens with two attached hydrogens (primary N) is 1. The van der Waals surface area contributed by atoms with E-state index in [2.05, 4.69) is 0 Å². The second-order valence-electron chi connectivity index (χ2n) is 4.57. The van der Waals surface area contributed by atoms with E-state index in [1.165, 1.54) is 0 Å². The van der Waals surface area contributed by atoms with Crippen LogP contribution in [0.2, 0.25) is 15.1 Å². The van der Waals surface area contributed by atoms with Crippen LogP contribution in [0.25, 0.3) is 0 Å². The maximum absolute atomic E-state index is 6.20. The number of hydrogen-bond donors (Lipinski definition) is 1. The molecule has 0 aliphatic rings. The van der Waals surface area contributed by atoms with Gasteiger partial charge >= 0.3 is 0 Å². The first-order valence-electron chi connectivity index (χ1n) is 5.93. The lowest BCUT2D eigenvalue weighted by Gasteiger charge is -2.13. The highest BCUT2D eigenvalue weighted by atomic mass is 35.5. The van der Waals surface area contributed by atoms with E-state index in [0.717, 1.165) is 21.7 Å². The van der Waals surface area contributed by atoms with Crippen molar-refractivity contribution in [3.05, 3.63) is 68.2 Å². The van der Waals surface area contributed by atoms with Crippen LogP contribution in [0.3, 0.4) is 0 Å². The van der Waals surface area contributed by atoms with Crippen molar-refractivity contribution >= 4 is 34.8 Å². The van der Waals surface area contributed by atoms with Gasteiger partial charge in [-0.15, -0.1) is 0 Å². The van der Waals surface area contributed by atoms with Crippen molar-refractivity contribution in [3.8, 4) is 0 Å². The fraction of sp³-hybridized carbons (Fsp3) is 0.200. The van der Waals surface area contributed by atoms with E-state index in [9.17, 15) is 0 Å². The van der Waals surface area contributed by atoms with E-state index in [4.69, 9.17) is 40.5 Å². The molecule has 2 rings (SSSR count). The van der Waals surface area contributed by atoms with Crippen LogP contribution in [-0.4, -0.2) is 0 Å². The van der Waals surface area contributed by atoms with E-state index in [1.54, 1.807) is 6.07 Å². The Bertz CT molecular complexity index is 596. The molecule has 0 amide bonds. The average Bonchev–Trinajstić information content (AvgIpc) is 2.37. The van der Waals surface area contributed by atoms with Crippen molar-refractivity contribution < 1.29 is 0 Å². The molecule has 0 aliphatic heterocycles. The van der Waals surface area contributed by atoms with Crippen molar-refractivity contribution in [1.29, 1.82) is 0 Å². The predicted octanol–water partition coefficient (Wildman–Crippen LogP) is 5.20. The lowest BCUT2D eigenvalue weighted by molar-refractivity contribution is 0.722. The van der Waals surface area contributed by atoms with Crippen LogP contribution >= 0.6 is 34.8 Å². The summed E-state index contributed by atoms with van der Waals surface area (Å²) in [5, 5.41) is 1.84.